The highest BCUT2D eigenvalue weighted by atomic mass is 16.4. The Morgan fingerprint density at radius 2 is 1.95 bits per heavy atom. The van der Waals surface area contributed by atoms with E-state index in [0.29, 0.717) is 5.56 Å². The number of nitrogens with one attached hydrogen (secondary N) is 1. The fourth-order valence-corrected chi connectivity index (χ4v) is 1.49. The quantitative estimate of drug-likeness (QED) is 0.823. The summed E-state index contributed by atoms with van der Waals surface area (Å²) in [6.07, 6.45) is 0. The van der Waals surface area contributed by atoms with Crippen LogP contribution < -0.4 is 11.1 Å². The van der Waals surface area contributed by atoms with Gasteiger partial charge in [0.25, 0.3) is 5.91 Å². The minimum absolute atomic E-state index is 0.0331. The zero-order valence-corrected chi connectivity index (χ0v) is 10.2. The summed E-state index contributed by atoms with van der Waals surface area (Å²) in [5, 5.41) is 9.73. The first kappa shape index (κ1) is 12.7. The molecule has 0 aliphatic rings. The Hall–Kier alpha value is -2.70. The third kappa shape index (κ3) is 2.95. The number of carbonyl (C=O) groups is 2. The minimum Gasteiger partial charge on any atom is -0.423 e. The van der Waals surface area contributed by atoms with Crippen LogP contribution in [0.2, 0.25) is 0 Å². The third-order valence-corrected chi connectivity index (χ3v) is 2.38. The molecule has 0 bridgehead atoms. The highest BCUT2D eigenvalue weighted by molar-refractivity contribution is 5.97. The number of hydrogen-bond donors (Lipinski definition) is 2. The van der Waals surface area contributed by atoms with Gasteiger partial charge in [-0.05, 0) is 12.1 Å². The summed E-state index contributed by atoms with van der Waals surface area (Å²) < 4.78 is 5.11. The van der Waals surface area contributed by atoms with E-state index in [1.165, 1.54) is 0 Å². The fourth-order valence-electron chi connectivity index (χ4n) is 1.49. The molecule has 0 spiro atoms. The monoisotopic (exact) mass is 260 g/mol. The third-order valence-electron chi connectivity index (χ3n) is 2.38. The SMILES string of the molecule is Cc1nnc(C(NC(=O)c2ccccc2)C(N)=O)o1. The molecule has 98 valence electrons. The lowest BCUT2D eigenvalue weighted by atomic mass is 10.2. The number of amides is 2. The number of nitrogens with two attached hydrogens (primary N) is 1. The zero-order valence-electron chi connectivity index (χ0n) is 10.2. The van der Waals surface area contributed by atoms with E-state index in [-0.39, 0.29) is 11.8 Å². The molecule has 0 saturated heterocycles. The van der Waals surface area contributed by atoms with Crippen molar-refractivity contribution in [3.8, 4) is 0 Å². The van der Waals surface area contributed by atoms with Gasteiger partial charge in [0.1, 0.15) is 0 Å². The highest BCUT2D eigenvalue weighted by Crippen LogP contribution is 2.12. The maximum atomic E-state index is 11.9. The lowest BCUT2D eigenvalue weighted by Gasteiger charge is -2.11. The molecular weight excluding hydrogens is 248 g/mol. The number of nitrogens with zero attached hydrogens (tertiary/aromatic N) is 2. The second-order valence-corrected chi connectivity index (χ2v) is 3.83. The van der Waals surface area contributed by atoms with Gasteiger partial charge < -0.3 is 15.5 Å². The molecule has 7 nitrogen and oxygen atoms in total. The van der Waals surface area contributed by atoms with Gasteiger partial charge in [-0.1, -0.05) is 18.2 Å². The molecule has 2 amide bonds. The Balaban J connectivity index is 2.18. The van der Waals surface area contributed by atoms with Crippen LogP contribution in [0.25, 0.3) is 0 Å². The molecule has 0 saturated carbocycles. The molecule has 2 aromatic rings. The number of aryl methyl sites for hydroxylation is 1. The van der Waals surface area contributed by atoms with Crippen molar-refractivity contribution in [2.45, 2.75) is 13.0 Å². The average Bonchev–Trinajstić information content (AvgIpc) is 2.82. The van der Waals surface area contributed by atoms with Crippen LogP contribution in [0, 0.1) is 6.92 Å². The van der Waals surface area contributed by atoms with Crippen molar-refractivity contribution >= 4 is 11.8 Å². The minimum atomic E-state index is -1.14. The van der Waals surface area contributed by atoms with Gasteiger partial charge in [-0.2, -0.15) is 0 Å². The van der Waals surface area contributed by atoms with Crippen LogP contribution in [0.15, 0.2) is 34.7 Å². The Labute approximate surface area is 108 Å². The summed E-state index contributed by atoms with van der Waals surface area (Å²) in [6, 6.07) is 7.30. The standard InChI is InChI=1S/C12H12N4O3/c1-7-15-16-12(19-7)9(10(13)17)14-11(18)8-5-3-2-4-6-8/h2-6,9H,1H3,(H2,13,17)(H,14,18). The molecule has 3 N–H and O–H groups in total. The van der Waals surface area contributed by atoms with E-state index in [9.17, 15) is 9.59 Å². The second kappa shape index (κ2) is 5.30. The molecule has 2 rings (SSSR count). The molecule has 19 heavy (non-hydrogen) atoms. The Kier molecular flexibility index (Phi) is 3.56. The van der Waals surface area contributed by atoms with Crippen molar-refractivity contribution < 1.29 is 14.0 Å². The van der Waals surface area contributed by atoms with Crippen molar-refractivity contribution in [1.82, 2.24) is 15.5 Å². The van der Waals surface area contributed by atoms with Gasteiger partial charge >= 0.3 is 0 Å². The van der Waals surface area contributed by atoms with Gasteiger partial charge in [-0.25, -0.2) is 0 Å². The van der Waals surface area contributed by atoms with E-state index in [2.05, 4.69) is 15.5 Å². The van der Waals surface area contributed by atoms with Gasteiger partial charge in [0, 0.05) is 12.5 Å². The van der Waals surface area contributed by atoms with Crippen molar-refractivity contribution in [2.24, 2.45) is 5.73 Å². The topological polar surface area (TPSA) is 111 Å². The molecule has 0 aliphatic carbocycles. The Morgan fingerprint density at radius 1 is 1.26 bits per heavy atom. The van der Waals surface area contributed by atoms with E-state index in [0.717, 1.165) is 0 Å². The van der Waals surface area contributed by atoms with Crippen molar-refractivity contribution in [2.75, 3.05) is 0 Å². The maximum absolute atomic E-state index is 11.9. The summed E-state index contributed by atoms with van der Waals surface area (Å²) in [7, 11) is 0. The first-order valence-corrected chi connectivity index (χ1v) is 5.53. The molecule has 1 aromatic heterocycles. The number of aromatic nitrogens is 2. The van der Waals surface area contributed by atoms with Crippen molar-refractivity contribution in [1.29, 1.82) is 0 Å². The highest BCUT2D eigenvalue weighted by Gasteiger charge is 2.26. The molecule has 1 atom stereocenters. The van der Waals surface area contributed by atoms with Gasteiger partial charge in [-0.15, -0.1) is 10.2 Å². The molecular formula is C12H12N4O3. The van der Waals surface area contributed by atoms with Crippen LogP contribution in [0.4, 0.5) is 0 Å². The summed E-state index contributed by atoms with van der Waals surface area (Å²) in [5.74, 6) is -0.960. The zero-order chi connectivity index (χ0) is 13.8. The summed E-state index contributed by atoms with van der Waals surface area (Å²) in [4.78, 5) is 23.3. The van der Waals surface area contributed by atoms with E-state index in [1.54, 1.807) is 37.3 Å². The molecule has 0 aliphatic heterocycles. The van der Waals surface area contributed by atoms with E-state index < -0.39 is 17.9 Å². The first-order chi connectivity index (χ1) is 9.08. The van der Waals surface area contributed by atoms with Crippen molar-refractivity contribution in [3.63, 3.8) is 0 Å². The molecule has 0 fully saturated rings. The molecule has 1 heterocycles. The number of carbonyl (C=O) groups excluding carboxylic acids is 2. The molecule has 1 unspecified atom stereocenters. The smallest absolute Gasteiger partial charge is 0.252 e. The van der Waals surface area contributed by atoms with Crippen LogP contribution in [0.3, 0.4) is 0 Å². The Bertz CT molecular complexity index is 594. The first-order valence-electron chi connectivity index (χ1n) is 5.53. The van der Waals surface area contributed by atoms with Crippen molar-refractivity contribution in [3.05, 3.63) is 47.7 Å². The molecule has 1 aromatic carbocycles. The number of rotatable bonds is 4. The fraction of sp³-hybridized carbons (Fsp3) is 0.167. The number of primary amides is 1. The van der Waals surface area contributed by atoms with E-state index >= 15 is 0 Å². The van der Waals surface area contributed by atoms with Gasteiger partial charge in [0.05, 0.1) is 0 Å². The molecule has 0 radical (unpaired) electrons. The van der Waals surface area contributed by atoms with Gasteiger partial charge in [0.2, 0.25) is 17.7 Å². The van der Waals surface area contributed by atoms with Crippen LogP contribution in [0.5, 0.6) is 0 Å². The van der Waals surface area contributed by atoms with Crippen LogP contribution in [-0.2, 0) is 4.79 Å². The average molecular weight is 260 g/mol. The summed E-state index contributed by atoms with van der Waals surface area (Å²) >= 11 is 0. The van der Waals surface area contributed by atoms with E-state index in [1.807, 2.05) is 0 Å². The van der Waals surface area contributed by atoms with Crippen LogP contribution in [-0.4, -0.2) is 22.0 Å². The largest absolute Gasteiger partial charge is 0.423 e. The molecule has 7 heteroatoms. The predicted octanol–water partition coefficient (Wildman–Crippen LogP) is 0.334. The lowest BCUT2D eigenvalue weighted by Crippen LogP contribution is -2.37. The summed E-state index contributed by atoms with van der Waals surface area (Å²) in [5.41, 5.74) is 5.63. The van der Waals surface area contributed by atoms with Crippen LogP contribution in [0.1, 0.15) is 28.2 Å². The summed E-state index contributed by atoms with van der Waals surface area (Å²) in [6.45, 7) is 1.58. The lowest BCUT2D eigenvalue weighted by molar-refractivity contribution is -0.120. The van der Waals surface area contributed by atoms with Gasteiger partial charge in [0.15, 0.2) is 6.04 Å². The Morgan fingerprint density at radius 3 is 2.47 bits per heavy atom. The predicted molar refractivity (Wildman–Crippen MR) is 64.9 cm³/mol. The normalized spacial score (nSPS) is 11.8. The van der Waals surface area contributed by atoms with E-state index in [4.69, 9.17) is 10.2 Å². The number of benzene rings is 1. The second-order valence-electron chi connectivity index (χ2n) is 3.83. The van der Waals surface area contributed by atoms with Crippen LogP contribution >= 0.6 is 0 Å². The number of hydrogen-bond acceptors (Lipinski definition) is 5. The van der Waals surface area contributed by atoms with Gasteiger partial charge in [-0.3, -0.25) is 9.59 Å². The maximum Gasteiger partial charge on any atom is 0.252 e.